The Balaban J connectivity index is 1.49. The van der Waals surface area contributed by atoms with Crippen molar-refractivity contribution in [1.29, 1.82) is 0 Å². The van der Waals surface area contributed by atoms with Crippen LogP contribution in [0.5, 0.6) is 0 Å². The SMILES string of the molecule is CC1(C2CCCN(C(=O)NCC#Cc3ccccc3)C2)OCCO1. The molecule has 128 valence electrons. The van der Waals surface area contributed by atoms with E-state index in [1.165, 1.54) is 0 Å². The number of hydrogen-bond donors (Lipinski definition) is 1. The van der Waals surface area contributed by atoms with E-state index in [0.717, 1.165) is 24.9 Å². The van der Waals surface area contributed by atoms with E-state index in [1.807, 2.05) is 42.2 Å². The number of hydrogen-bond acceptors (Lipinski definition) is 3. The van der Waals surface area contributed by atoms with Crippen molar-refractivity contribution in [2.24, 2.45) is 5.92 Å². The molecular weight excluding hydrogens is 304 g/mol. The molecule has 2 fully saturated rings. The summed E-state index contributed by atoms with van der Waals surface area (Å²) in [6.45, 7) is 5.03. The maximum atomic E-state index is 12.3. The zero-order valence-corrected chi connectivity index (χ0v) is 14.1. The summed E-state index contributed by atoms with van der Waals surface area (Å²) in [5, 5.41) is 2.88. The summed E-state index contributed by atoms with van der Waals surface area (Å²) in [6.07, 6.45) is 1.99. The molecule has 2 saturated heterocycles. The summed E-state index contributed by atoms with van der Waals surface area (Å²) in [4.78, 5) is 14.2. The van der Waals surface area contributed by atoms with E-state index in [9.17, 15) is 4.79 Å². The van der Waals surface area contributed by atoms with Gasteiger partial charge in [0.15, 0.2) is 5.79 Å². The van der Waals surface area contributed by atoms with Crippen LogP contribution >= 0.6 is 0 Å². The Hall–Kier alpha value is -2.03. The van der Waals surface area contributed by atoms with Crippen LogP contribution in [0.25, 0.3) is 0 Å². The first-order valence-corrected chi connectivity index (χ1v) is 8.52. The molecule has 1 aromatic carbocycles. The Morgan fingerprint density at radius 2 is 2.08 bits per heavy atom. The number of likely N-dealkylation sites (tertiary alicyclic amines) is 1. The summed E-state index contributed by atoms with van der Waals surface area (Å²) < 4.78 is 11.5. The minimum absolute atomic E-state index is 0.0661. The third-order valence-corrected chi connectivity index (χ3v) is 4.65. The predicted molar refractivity (Wildman–Crippen MR) is 91.3 cm³/mol. The molecule has 5 nitrogen and oxygen atoms in total. The van der Waals surface area contributed by atoms with Gasteiger partial charge in [-0.3, -0.25) is 0 Å². The number of benzene rings is 1. The largest absolute Gasteiger partial charge is 0.347 e. The first-order valence-electron chi connectivity index (χ1n) is 8.52. The molecule has 2 aliphatic rings. The average Bonchev–Trinajstić information content (AvgIpc) is 3.07. The normalized spacial score (nSPS) is 22.5. The van der Waals surface area contributed by atoms with Gasteiger partial charge in [-0.25, -0.2) is 4.79 Å². The molecular formula is C19H24N2O3. The number of ether oxygens (including phenoxy) is 2. The number of urea groups is 1. The van der Waals surface area contributed by atoms with Crippen molar-refractivity contribution < 1.29 is 14.3 Å². The van der Waals surface area contributed by atoms with Crippen LogP contribution in [-0.4, -0.2) is 49.6 Å². The second kappa shape index (κ2) is 7.69. The smallest absolute Gasteiger partial charge is 0.318 e. The summed E-state index contributed by atoms with van der Waals surface area (Å²) >= 11 is 0. The third kappa shape index (κ3) is 4.08. The molecule has 0 saturated carbocycles. The van der Waals surface area contributed by atoms with E-state index in [1.54, 1.807) is 0 Å². The van der Waals surface area contributed by atoms with Gasteiger partial charge in [-0.2, -0.15) is 0 Å². The molecule has 2 amide bonds. The van der Waals surface area contributed by atoms with Crippen molar-refractivity contribution >= 4 is 6.03 Å². The third-order valence-electron chi connectivity index (χ3n) is 4.65. The highest BCUT2D eigenvalue weighted by Crippen LogP contribution is 2.33. The molecule has 2 aliphatic heterocycles. The van der Waals surface area contributed by atoms with Crippen molar-refractivity contribution in [3.8, 4) is 11.8 Å². The Labute approximate surface area is 143 Å². The quantitative estimate of drug-likeness (QED) is 0.847. The number of carbonyl (C=O) groups excluding carboxylic acids is 1. The molecule has 3 rings (SSSR count). The lowest BCUT2D eigenvalue weighted by Gasteiger charge is -2.39. The molecule has 0 bridgehead atoms. The number of rotatable bonds is 2. The molecule has 0 aliphatic carbocycles. The van der Waals surface area contributed by atoms with Gasteiger partial charge in [0.2, 0.25) is 0 Å². The minimum Gasteiger partial charge on any atom is -0.347 e. The Bertz CT molecular complexity index is 614. The molecule has 0 aromatic heterocycles. The average molecular weight is 328 g/mol. The number of nitrogens with zero attached hydrogens (tertiary/aromatic N) is 1. The maximum absolute atomic E-state index is 12.3. The minimum atomic E-state index is -0.550. The molecule has 1 atom stereocenters. The highest BCUT2D eigenvalue weighted by molar-refractivity contribution is 5.74. The topological polar surface area (TPSA) is 50.8 Å². The van der Waals surface area contributed by atoms with Gasteiger partial charge in [-0.15, -0.1) is 0 Å². The molecule has 1 unspecified atom stereocenters. The summed E-state index contributed by atoms with van der Waals surface area (Å²) in [6, 6.07) is 9.69. The van der Waals surface area contributed by atoms with Crippen LogP contribution in [0.3, 0.4) is 0 Å². The van der Waals surface area contributed by atoms with Gasteiger partial charge in [-0.05, 0) is 31.9 Å². The second-order valence-corrected chi connectivity index (χ2v) is 6.32. The van der Waals surface area contributed by atoms with E-state index >= 15 is 0 Å². The zero-order valence-electron chi connectivity index (χ0n) is 14.1. The Morgan fingerprint density at radius 3 is 2.83 bits per heavy atom. The van der Waals surface area contributed by atoms with E-state index in [-0.39, 0.29) is 11.9 Å². The Kier molecular flexibility index (Phi) is 5.39. The highest BCUT2D eigenvalue weighted by Gasteiger charge is 2.42. The highest BCUT2D eigenvalue weighted by atomic mass is 16.7. The van der Waals surface area contributed by atoms with Crippen LogP contribution in [-0.2, 0) is 9.47 Å². The Morgan fingerprint density at radius 1 is 1.33 bits per heavy atom. The lowest BCUT2D eigenvalue weighted by molar-refractivity contribution is -0.189. The van der Waals surface area contributed by atoms with Crippen LogP contribution in [0.1, 0.15) is 25.3 Å². The fourth-order valence-corrected chi connectivity index (χ4v) is 3.25. The molecule has 0 spiro atoms. The lowest BCUT2D eigenvalue weighted by Crippen LogP contribution is -2.51. The fraction of sp³-hybridized carbons (Fsp3) is 0.526. The molecule has 1 aromatic rings. The summed E-state index contributed by atoms with van der Waals surface area (Å²) in [7, 11) is 0. The first kappa shape index (κ1) is 16.8. The summed E-state index contributed by atoms with van der Waals surface area (Å²) in [5.41, 5.74) is 0.952. The predicted octanol–water partition coefficient (Wildman–Crippen LogP) is 2.22. The number of carbonyl (C=O) groups is 1. The molecule has 2 heterocycles. The standard InChI is InChI=1S/C19H24N2O3/c1-19(23-13-14-24-19)17-10-6-12-21(15-17)18(22)20-11-5-9-16-7-3-2-4-8-16/h2-4,7-8,17H,6,10-15H2,1H3,(H,20,22). The van der Waals surface area contributed by atoms with Crippen LogP contribution < -0.4 is 5.32 Å². The van der Waals surface area contributed by atoms with Gasteiger partial charge in [0.25, 0.3) is 0 Å². The van der Waals surface area contributed by atoms with E-state index < -0.39 is 5.79 Å². The monoisotopic (exact) mass is 328 g/mol. The van der Waals surface area contributed by atoms with Gasteiger partial charge < -0.3 is 19.7 Å². The molecule has 1 N–H and O–H groups in total. The van der Waals surface area contributed by atoms with Gasteiger partial charge in [0, 0.05) is 24.6 Å². The van der Waals surface area contributed by atoms with Crippen molar-refractivity contribution in [2.45, 2.75) is 25.6 Å². The van der Waals surface area contributed by atoms with E-state index in [0.29, 0.717) is 26.3 Å². The second-order valence-electron chi connectivity index (χ2n) is 6.32. The maximum Gasteiger partial charge on any atom is 0.318 e. The van der Waals surface area contributed by atoms with Crippen molar-refractivity contribution in [2.75, 3.05) is 32.8 Å². The molecule has 24 heavy (non-hydrogen) atoms. The van der Waals surface area contributed by atoms with Gasteiger partial charge in [-0.1, -0.05) is 30.0 Å². The van der Waals surface area contributed by atoms with Crippen molar-refractivity contribution in [3.63, 3.8) is 0 Å². The number of nitrogens with one attached hydrogen (secondary N) is 1. The molecule has 0 radical (unpaired) electrons. The van der Waals surface area contributed by atoms with Crippen molar-refractivity contribution in [1.82, 2.24) is 10.2 Å². The van der Waals surface area contributed by atoms with Crippen LogP contribution in [0.2, 0.25) is 0 Å². The number of amides is 2. The van der Waals surface area contributed by atoms with Crippen molar-refractivity contribution in [3.05, 3.63) is 35.9 Å². The summed E-state index contributed by atoms with van der Waals surface area (Å²) in [5.74, 6) is 5.69. The fourth-order valence-electron chi connectivity index (χ4n) is 3.25. The van der Waals surface area contributed by atoms with Gasteiger partial charge in [0.05, 0.1) is 19.8 Å². The molecule has 5 heteroatoms. The lowest BCUT2D eigenvalue weighted by atomic mass is 9.90. The van der Waals surface area contributed by atoms with E-state index in [2.05, 4.69) is 17.2 Å². The zero-order chi connectivity index (χ0) is 16.8. The van der Waals surface area contributed by atoms with Crippen LogP contribution in [0.4, 0.5) is 4.79 Å². The van der Waals surface area contributed by atoms with Crippen LogP contribution in [0.15, 0.2) is 30.3 Å². The van der Waals surface area contributed by atoms with Gasteiger partial charge in [0.1, 0.15) is 0 Å². The van der Waals surface area contributed by atoms with E-state index in [4.69, 9.17) is 9.47 Å². The van der Waals surface area contributed by atoms with Crippen LogP contribution in [0, 0.1) is 17.8 Å². The van der Waals surface area contributed by atoms with Gasteiger partial charge >= 0.3 is 6.03 Å². The first-order chi connectivity index (χ1) is 11.7. The number of piperidine rings is 1.